The molecule has 1 heterocycles. The van der Waals surface area contributed by atoms with E-state index in [1.165, 1.54) is 77.4 Å². The Labute approximate surface area is 120 Å². The van der Waals surface area contributed by atoms with Crippen molar-refractivity contribution in [2.45, 2.75) is 83.7 Å². The van der Waals surface area contributed by atoms with E-state index in [0.29, 0.717) is 0 Å². The third kappa shape index (κ3) is 4.46. The van der Waals surface area contributed by atoms with Gasteiger partial charge in [-0.25, -0.2) is 0 Å². The summed E-state index contributed by atoms with van der Waals surface area (Å²) in [5, 5.41) is 3.74. The third-order valence-corrected chi connectivity index (χ3v) is 5.24. The number of nitrogens with zero attached hydrogens (tertiary/aromatic N) is 1. The van der Waals surface area contributed by atoms with Crippen LogP contribution in [0.1, 0.15) is 71.6 Å². The molecule has 0 aromatic rings. The van der Waals surface area contributed by atoms with Crippen molar-refractivity contribution in [3.8, 4) is 0 Å². The Kier molecular flexibility index (Phi) is 6.66. The van der Waals surface area contributed by atoms with Crippen molar-refractivity contribution >= 4 is 0 Å². The van der Waals surface area contributed by atoms with E-state index in [4.69, 9.17) is 0 Å². The number of hydrogen-bond donors (Lipinski definition) is 1. The summed E-state index contributed by atoms with van der Waals surface area (Å²) in [5.41, 5.74) is 0. The van der Waals surface area contributed by atoms with Crippen molar-refractivity contribution in [2.75, 3.05) is 19.6 Å². The van der Waals surface area contributed by atoms with Crippen molar-refractivity contribution in [1.82, 2.24) is 10.2 Å². The fourth-order valence-electron chi connectivity index (χ4n) is 4.19. The predicted octanol–water partition coefficient (Wildman–Crippen LogP) is 3.81. The standard InChI is InChI=1S/C17H34N2/c1-3-13-19(14-16-10-7-8-12-18-16)17-11-6-5-9-15(17)4-2/h15-18H,3-14H2,1-2H3. The zero-order valence-corrected chi connectivity index (χ0v) is 13.2. The van der Waals surface area contributed by atoms with E-state index in [9.17, 15) is 0 Å². The highest BCUT2D eigenvalue weighted by molar-refractivity contribution is 4.86. The molecule has 2 aliphatic rings. The number of hydrogen-bond acceptors (Lipinski definition) is 2. The van der Waals surface area contributed by atoms with Crippen LogP contribution in [-0.4, -0.2) is 36.6 Å². The molecule has 1 N–H and O–H groups in total. The molecule has 2 fully saturated rings. The van der Waals surface area contributed by atoms with Crippen LogP contribution < -0.4 is 5.32 Å². The van der Waals surface area contributed by atoms with Gasteiger partial charge in [0.15, 0.2) is 0 Å². The van der Waals surface area contributed by atoms with E-state index < -0.39 is 0 Å². The van der Waals surface area contributed by atoms with Crippen LogP contribution in [0, 0.1) is 5.92 Å². The Morgan fingerprint density at radius 1 is 1.00 bits per heavy atom. The lowest BCUT2D eigenvalue weighted by Gasteiger charge is -2.42. The molecule has 0 radical (unpaired) electrons. The first kappa shape index (κ1) is 15.3. The molecule has 0 aromatic heterocycles. The Hall–Kier alpha value is -0.0800. The Morgan fingerprint density at radius 3 is 2.47 bits per heavy atom. The average molecular weight is 266 g/mol. The SMILES string of the molecule is CCCN(CC1CCCCN1)C1CCCCC1CC. The van der Waals surface area contributed by atoms with Gasteiger partial charge in [0.2, 0.25) is 0 Å². The zero-order valence-electron chi connectivity index (χ0n) is 13.2. The number of nitrogens with one attached hydrogen (secondary N) is 1. The summed E-state index contributed by atoms with van der Waals surface area (Å²) in [6.07, 6.45) is 12.7. The molecule has 3 atom stereocenters. The van der Waals surface area contributed by atoms with Gasteiger partial charge in [-0.3, -0.25) is 4.90 Å². The second kappa shape index (κ2) is 8.26. The van der Waals surface area contributed by atoms with Gasteiger partial charge in [-0.05, 0) is 51.1 Å². The van der Waals surface area contributed by atoms with E-state index in [2.05, 4.69) is 24.1 Å². The summed E-state index contributed by atoms with van der Waals surface area (Å²) >= 11 is 0. The van der Waals surface area contributed by atoms with Gasteiger partial charge < -0.3 is 5.32 Å². The largest absolute Gasteiger partial charge is 0.313 e. The first-order valence-corrected chi connectivity index (χ1v) is 8.82. The number of piperidine rings is 1. The molecule has 112 valence electrons. The van der Waals surface area contributed by atoms with Crippen LogP contribution in [0.3, 0.4) is 0 Å². The Morgan fingerprint density at radius 2 is 1.79 bits per heavy atom. The van der Waals surface area contributed by atoms with Gasteiger partial charge in [0, 0.05) is 18.6 Å². The quantitative estimate of drug-likeness (QED) is 0.786. The van der Waals surface area contributed by atoms with Gasteiger partial charge in [0.25, 0.3) is 0 Å². The molecular formula is C17H34N2. The topological polar surface area (TPSA) is 15.3 Å². The second-order valence-electron chi connectivity index (χ2n) is 6.66. The summed E-state index contributed by atoms with van der Waals surface area (Å²) in [5.74, 6) is 0.962. The van der Waals surface area contributed by atoms with Crippen molar-refractivity contribution < 1.29 is 0 Å². The first-order chi connectivity index (χ1) is 9.35. The van der Waals surface area contributed by atoms with E-state index in [1.807, 2.05) is 0 Å². The fraction of sp³-hybridized carbons (Fsp3) is 1.00. The summed E-state index contributed by atoms with van der Waals surface area (Å²) in [6, 6.07) is 1.64. The van der Waals surface area contributed by atoms with Gasteiger partial charge in [-0.15, -0.1) is 0 Å². The van der Waals surface area contributed by atoms with Crippen molar-refractivity contribution in [3.05, 3.63) is 0 Å². The van der Waals surface area contributed by atoms with Gasteiger partial charge in [-0.1, -0.05) is 39.5 Å². The average Bonchev–Trinajstić information content (AvgIpc) is 2.48. The molecule has 3 unspecified atom stereocenters. The monoisotopic (exact) mass is 266 g/mol. The minimum Gasteiger partial charge on any atom is -0.313 e. The van der Waals surface area contributed by atoms with Crippen LogP contribution in [0.15, 0.2) is 0 Å². The fourth-order valence-corrected chi connectivity index (χ4v) is 4.19. The molecule has 2 rings (SSSR count). The number of rotatable bonds is 6. The Bertz CT molecular complexity index is 235. The minimum atomic E-state index is 0.764. The highest BCUT2D eigenvalue weighted by Gasteiger charge is 2.30. The molecule has 19 heavy (non-hydrogen) atoms. The van der Waals surface area contributed by atoms with Crippen LogP contribution in [0.4, 0.5) is 0 Å². The molecule has 0 bridgehead atoms. The van der Waals surface area contributed by atoms with E-state index >= 15 is 0 Å². The van der Waals surface area contributed by atoms with E-state index in [0.717, 1.165) is 18.0 Å². The molecule has 0 aromatic carbocycles. The molecule has 1 saturated heterocycles. The van der Waals surface area contributed by atoms with Gasteiger partial charge >= 0.3 is 0 Å². The van der Waals surface area contributed by atoms with Gasteiger partial charge in [0.05, 0.1) is 0 Å². The molecule has 1 saturated carbocycles. The zero-order chi connectivity index (χ0) is 13.5. The van der Waals surface area contributed by atoms with E-state index in [-0.39, 0.29) is 0 Å². The second-order valence-corrected chi connectivity index (χ2v) is 6.66. The minimum absolute atomic E-state index is 0.764. The van der Waals surface area contributed by atoms with Crippen LogP contribution >= 0.6 is 0 Å². The van der Waals surface area contributed by atoms with Crippen LogP contribution in [-0.2, 0) is 0 Å². The molecular weight excluding hydrogens is 232 g/mol. The maximum atomic E-state index is 3.74. The maximum Gasteiger partial charge on any atom is 0.0195 e. The molecule has 1 aliphatic heterocycles. The summed E-state index contributed by atoms with van der Waals surface area (Å²) < 4.78 is 0. The van der Waals surface area contributed by atoms with Crippen LogP contribution in [0.2, 0.25) is 0 Å². The lowest BCUT2D eigenvalue weighted by Crippen LogP contribution is -2.50. The summed E-state index contributed by atoms with van der Waals surface area (Å²) in [7, 11) is 0. The van der Waals surface area contributed by atoms with Gasteiger partial charge in [0.1, 0.15) is 0 Å². The van der Waals surface area contributed by atoms with Crippen molar-refractivity contribution in [2.24, 2.45) is 5.92 Å². The lowest BCUT2D eigenvalue weighted by atomic mass is 9.81. The summed E-state index contributed by atoms with van der Waals surface area (Å²) in [6.45, 7) is 8.58. The van der Waals surface area contributed by atoms with Crippen molar-refractivity contribution in [3.63, 3.8) is 0 Å². The molecule has 0 spiro atoms. The molecule has 2 nitrogen and oxygen atoms in total. The predicted molar refractivity (Wildman–Crippen MR) is 83.5 cm³/mol. The molecule has 1 aliphatic carbocycles. The third-order valence-electron chi connectivity index (χ3n) is 5.24. The first-order valence-electron chi connectivity index (χ1n) is 8.82. The Balaban J connectivity index is 1.92. The van der Waals surface area contributed by atoms with Crippen molar-refractivity contribution in [1.29, 1.82) is 0 Å². The molecule has 0 amide bonds. The van der Waals surface area contributed by atoms with Crippen LogP contribution in [0.25, 0.3) is 0 Å². The normalized spacial score (nSPS) is 32.7. The highest BCUT2D eigenvalue weighted by atomic mass is 15.2. The summed E-state index contributed by atoms with van der Waals surface area (Å²) in [4.78, 5) is 2.84. The van der Waals surface area contributed by atoms with Crippen LogP contribution in [0.5, 0.6) is 0 Å². The van der Waals surface area contributed by atoms with E-state index in [1.54, 1.807) is 0 Å². The molecule has 2 heteroatoms. The lowest BCUT2D eigenvalue weighted by molar-refractivity contribution is 0.0867. The highest BCUT2D eigenvalue weighted by Crippen LogP contribution is 2.31. The van der Waals surface area contributed by atoms with Gasteiger partial charge in [-0.2, -0.15) is 0 Å². The smallest absolute Gasteiger partial charge is 0.0195 e. The maximum absolute atomic E-state index is 3.74.